The second kappa shape index (κ2) is 9.79. The molecule has 1 heterocycles. The molecule has 0 aliphatic heterocycles. The van der Waals surface area contributed by atoms with Crippen LogP contribution >= 0.6 is 24.0 Å². The number of aromatic nitrogens is 2. The van der Waals surface area contributed by atoms with Crippen molar-refractivity contribution in [3.63, 3.8) is 0 Å². The Balaban J connectivity index is 0.00000312. The zero-order valence-electron chi connectivity index (χ0n) is 16.1. The fraction of sp³-hybridized carbons (Fsp3) is 0.474. The van der Waals surface area contributed by atoms with E-state index in [9.17, 15) is 0 Å². The van der Waals surface area contributed by atoms with Crippen LogP contribution in [-0.2, 0) is 20.1 Å². The van der Waals surface area contributed by atoms with Gasteiger partial charge in [-0.1, -0.05) is 24.3 Å². The molecule has 5 nitrogen and oxygen atoms in total. The molecule has 0 saturated carbocycles. The van der Waals surface area contributed by atoms with Crippen LogP contribution in [0, 0.1) is 20.8 Å². The first-order valence-electron chi connectivity index (χ1n) is 8.47. The van der Waals surface area contributed by atoms with E-state index in [1.807, 2.05) is 18.7 Å². The molecule has 0 bridgehead atoms. The van der Waals surface area contributed by atoms with E-state index in [0.29, 0.717) is 6.54 Å². The molecule has 1 aromatic carbocycles. The highest BCUT2D eigenvalue weighted by Gasteiger charge is 2.11. The van der Waals surface area contributed by atoms with Gasteiger partial charge in [0.15, 0.2) is 5.96 Å². The molecule has 6 heteroatoms. The normalized spacial score (nSPS) is 11.2. The predicted octanol–water partition coefficient (Wildman–Crippen LogP) is 3.56. The van der Waals surface area contributed by atoms with Crippen molar-refractivity contribution >= 4 is 29.9 Å². The summed E-state index contributed by atoms with van der Waals surface area (Å²) in [5, 5.41) is 7.86. The van der Waals surface area contributed by atoms with Gasteiger partial charge in [-0.05, 0) is 38.8 Å². The maximum atomic E-state index is 4.82. The molecule has 0 fully saturated rings. The molecule has 0 aliphatic carbocycles. The summed E-state index contributed by atoms with van der Waals surface area (Å²) in [6.45, 7) is 10.7. The van der Waals surface area contributed by atoms with Crippen molar-refractivity contribution < 1.29 is 0 Å². The lowest BCUT2D eigenvalue weighted by atomic mass is 10.1. The van der Waals surface area contributed by atoms with Gasteiger partial charge >= 0.3 is 0 Å². The minimum atomic E-state index is 0. The van der Waals surface area contributed by atoms with Gasteiger partial charge in [0.25, 0.3) is 0 Å². The maximum absolute atomic E-state index is 4.82. The maximum Gasteiger partial charge on any atom is 0.194 e. The van der Waals surface area contributed by atoms with Gasteiger partial charge < -0.3 is 10.2 Å². The quantitative estimate of drug-likeness (QED) is 0.426. The number of benzene rings is 1. The summed E-state index contributed by atoms with van der Waals surface area (Å²) < 4.78 is 1.92. The molecule has 0 unspecified atom stereocenters. The van der Waals surface area contributed by atoms with Gasteiger partial charge in [-0.25, -0.2) is 4.99 Å². The Labute approximate surface area is 168 Å². The molecule has 25 heavy (non-hydrogen) atoms. The number of nitrogens with one attached hydrogen (secondary N) is 1. The van der Waals surface area contributed by atoms with E-state index in [0.717, 1.165) is 24.7 Å². The Morgan fingerprint density at radius 1 is 1.24 bits per heavy atom. The van der Waals surface area contributed by atoms with E-state index in [2.05, 4.69) is 67.4 Å². The molecule has 0 aliphatic rings. The van der Waals surface area contributed by atoms with Crippen LogP contribution in [0.15, 0.2) is 29.3 Å². The number of hydrogen-bond donors (Lipinski definition) is 1. The van der Waals surface area contributed by atoms with Gasteiger partial charge in [-0.3, -0.25) is 4.68 Å². The molecule has 0 radical (unpaired) electrons. The van der Waals surface area contributed by atoms with Crippen molar-refractivity contribution in [1.29, 1.82) is 0 Å². The van der Waals surface area contributed by atoms with Crippen LogP contribution in [0.4, 0.5) is 0 Å². The standard InChI is InChI=1S/C19H29N5.HI/c1-7-20-19(21-12-18-15(3)22-24(6)16(18)4)23(5)13-17-11-9-8-10-14(17)2;/h8-11H,7,12-13H2,1-6H3,(H,20,21);1H. The first-order valence-corrected chi connectivity index (χ1v) is 8.47. The molecule has 0 saturated heterocycles. The summed E-state index contributed by atoms with van der Waals surface area (Å²) in [6.07, 6.45) is 0. The van der Waals surface area contributed by atoms with Crippen molar-refractivity contribution in [2.45, 2.75) is 40.8 Å². The lowest BCUT2D eigenvalue weighted by Crippen LogP contribution is -2.38. The topological polar surface area (TPSA) is 45.5 Å². The van der Waals surface area contributed by atoms with Crippen molar-refractivity contribution in [1.82, 2.24) is 20.0 Å². The molecule has 2 rings (SSSR count). The summed E-state index contributed by atoms with van der Waals surface area (Å²) in [4.78, 5) is 7.00. The Bertz CT molecular complexity index is 721. The van der Waals surface area contributed by atoms with Crippen molar-refractivity contribution in [3.8, 4) is 0 Å². The second-order valence-electron chi connectivity index (χ2n) is 6.23. The summed E-state index contributed by atoms with van der Waals surface area (Å²) in [5.41, 5.74) is 6.06. The number of hydrogen-bond acceptors (Lipinski definition) is 2. The van der Waals surface area contributed by atoms with Gasteiger partial charge in [0.05, 0.1) is 12.2 Å². The molecule has 1 aromatic heterocycles. The lowest BCUT2D eigenvalue weighted by Gasteiger charge is -2.23. The van der Waals surface area contributed by atoms with Crippen molar-refractivity contribution in [3.05, 3.63) is 52.3 Å². The van der Waals surface area contributed by atoms with Crippen LogP contribution in [0.1, 0.15) is 35.0 Å². The van der Waals surface area contributed by atoms with Gasteiger partial charge in [0.1, 0.15) is 0 Å². The zero-order chi connectivity index (χ0) is 17.7. The smallest absolute Gasteiger partial charge is 0.194 e. The highest BCUT2D eigenvalue weighted by Crippen LogP contribution is 2.14. The Hall–Kier alpha value is -1.57. The van der Waals surface area contributed by atoms with Crippen LogP contribution in [0.25, 0.3) is 0 Å². The highest BCUT2D eigenvalue weighted by molar-refractivity contribution is 14.0. The number of guanidine groups is 1. The minimum absolute atomic E-state index is 0. The van der Waals surface area contributed by atoms with Gasteiger partial charge in [0, 0.05) is 38.4 Å². The predicted molar refractivity (Wildman–Crippen MR) is 116 cm³/mol. The largest absolute Gasteiger partial charge is 0.357 e. The van der Waals surface area contributed by atoms with Gasteiger partial charge in [0.2, 0.25) is 0 Å². The number of halogens is 1. The first kappa shape index (κ1) is 21.5. The van der Waals surface area contributed by atoms with Crippen molar-refractivity contribution in [2.75, 3.05) is 13.6 Å². The molecular weight excluding hydrogens is 425 g/mol. The summed E-state index contributed by atoms with van der Waals surface area (Å²) >= 11 is 0. The van der Waals surface area contributed by atoms with E-state index in [1.165, 1.54) is 22.4 Å². The van der Waals surface area contributed by atoms with Crippen LogP contribution in [0.5, 0.6) is 0 Å². The fourth-order valence-corrected chi connectivity index (χ4v) is 2.79. The van der Waals surface area contributed by atoms with E-state index >= 15 is 0 Å². The van der Waals surface area contributed by atoms with E-state index < -0.39 is 0 Å². The zero-order valence-corrected chi connectivity index (χ0v) is 18.5. The van der Waals surface area contributed by atoms with Crippen LogP contribution in [-0.4, -0.2) is 34.2 Å². The van der Waals surface area contributed by atoms with Gasteiger partial charge in [-0.15, -0.1) is 24.0 Å². The summed E-state index contributed by atoms with van der Waals surface area (Å²) in [7, 11) is 4.06. The monoisotopic (exact) mass is 455 g/mol. The second-order valence-corrected chi connectivity index (χ2v) is 6.23. The fourth-order valence-electron chi connectivity index (χ4n) is 2.79. The number of aryl methyl sites for hydroxylation is 3. The highest BCUT2D eigenvalue weighted by atomic mass is 127. The third-order valence-corrected chi connectivity index (χ3v) is 4.41. The van der Waals surface area contributed by atoms with Gasteiger partial charge in [-0.2, -0.15) is 5.10 Å². The van der Waals surface area contributed by atoms with E-state index in [4.69, 9.17) is 4.99 Å². The lowest BCUT2D eigenvalue weighted by molar-refractivity contribution is 0.475. The van der Waals surface area contributed by atoms with Crippen LogP contribution in [0.3, 0.4) is 0 Å². The SMILES string of the molecule is CCNC(=NCc1c(C)nn(C)c1C)N(C)Cc1ccccc1C.I. The average Bonchev–Trinajstić information content (AvgIpc) is 2.79. The third-order valence-electron chi connectivity index (χ3n) is 4.41. The molecular formula is C19H30IN5. The Kier molecular flexibility index (Phi) is 8.41. The molecule has 0 atom stereocenters. The molecule has 0 amide bonds. The Morgan fingerprint density at radius 2 is 1.92 bits per heavy atom. The number of nitrogens with zero attached hydrogens (tertiary/aromatic N) is 4. The first-order chi connectivity index (χ1) is 11.4. The van der Waals surface area contributed by atoms with Crippen molar-refractivity contribution in [2.24, 2.45) is 12.0 Å². The van der Waals surface area contributed by atoms with Crippen LogP contribution < -0.4 is 5.32 Å². The minimum Gasteiger partial charge on any atom is -0.357 e. The average molecular weight is 455 g/mol. The van der Waals surface area contributed by atoms with Crippen LogP contribution in [0.2, 0.25) is 0 Å². The summed E-state index contributed by atoms with van der Waals surface area (Å²) in [5.74, 6) is 0.920. The number of rotatable bonds is 5. The molecule has 138 valence electrons. The van der Waals surface area contributed by atoms with E-state index in [1.54, 1.807) is 0 Å². The third kappa shape index (κ3) is 5.45. The summed E-state index contributed by atoms with van der Waals surface area (Å²) in [6, 6.07) is 8.48. The molecule has 1 N–H and O–H groups in total. The molecule has 2 aromatic rings. The van der Waals surface area contributed by atoms with E-state index in [-0.39, 0.29) is 24.0 Å². The molecule has 0 spiro atoms. The number of aliphatic imine (C=N–C) groups is 1. The Morgan fingerprint density at radius 3 is 2.48 bits per heavy atom.